The van der Waals surface area contributed by atoms with E-state index in [1.807, 2.05) is 0 Å². The largest absolute Gasteiger partial charge is 0.314 e. The second kappa shape index (κ2) is 7.83. The van der Waals surface area contributed by atoms with Gasteiger partial charge in [0.15, 0.2) is 0 Å². The fraction of sp³-hybridized carbons (Fsp3) is 0.684. The van der Waals surface area contributed by atoms with Crippen LogP contribution in [0.5, 0.6) is 0 Å². The zero-order valence-corrected chi connectivity index (χ0v) is 13.5. The molecule has 0 amide bonds. The van der Waals surface area contributed by atoms with E-state index in [0.29, 0.717) is 0 Å². The molecular weight excluding hydrogens is 242 g/mol. The van der Waals surface area contributed by atoms with Gasteiger partial charge in [0.1, 0.15) is 0 Å². The second-order valence-corrected chi connectivity index (χ2v) is 6.55. The van der Waals surface area contributed by atoms with Crippen LogP contribution in [-0.2, 0) is 0 Å². The van der Waals surface area contributed by atoms with Gasteiger partial charge in [-0.1, -0.05) is 57.4 Å². The Morgan fingerprint density at radius 2 is 1.95 bits per heavy atom. The van der Waals surface area contributed by atoms with Crippen LogP contribution in [0.25, 0.3) is 0 Å². The standard InChI is InChI=1S/C19H31N/c1-4-6-10-16(5-2)14-20-18-12-17(13-18)19-11-8-7-9-15(19)3/h7-9,11,16-18,20H,4-6,10,12-14H2,1-3H3. The molecular formula is C19H31N. The third kappa shape index (κ3) is 4.09. The van der Waals surface area contributed by atoms with Crippen molar-refractivity contribution in [3.05, 3.63) is 35.4 Å². The van der Waals surface area contributed by atoms with Gasteiger partial charge in [-0.25, -0.2) is 0 Å². The Labute approximate surface area is 125 Å². The SMILES string of the molecule is CCCCC(CC)CNC1CC(c2ccccc2C)C1. The molecule has 1 aromatic carbocycles. The quantitative estimate of drug-likeness (QED) is 0.699. The molecule has 1 unspecified atom stereocenters. The first-order valence-corrected chi connectivity index (χ1v) is 8.53. The monoisotopic (exact) mass is 273 g/mol. The lowest BCUT2D eigenvalue weighted by atomic mass is 9.74. The normalized spacial score (nSPS) is 23.4. The van der Waals surface area contributed by atoms with Crippen molar-refractivity contribution in [3.8, 4) is 0 Å². The molecule has 20 heavy (non-hydrogen) atoms. The van der Waals surface area contributed by atoms with Crippen LogP contribution in [0.15, 0.2) is 24.3 Å². The van der Waals surface area contributed by atoms with Crippen LogP contribution in [0, 0.1) is 12.8 Å². The molecule has 1 fully saturated rings. The summed E-state index contributed by atoms with van der Waals surface area (Å²) in [5.41, 5.74) is 3.04. The van der Waals surface area contributed by atoms with E-state index in [4.69, 9.17) is 0 Å². The number of aryl methyl sites for hydroxylation is 1. The van der Waals surface area contributed by atoms with Gasteiger partial charge in [0.05, 0.1) is 0 Å². The topological polar surface area (TPSA) is 12.0 Å². The van der Waals surface area contributed by atoms with Crippen LogP contribution in [0.3, 0.4) is 0 Å². The van der Waals surface area contributed by atoms with E-state index >= 15 is 0 Å². The molecule has 1 heteroatoms. The first-order chi connectivity index (χ1) is 9.74. The average Bonchev–Trinajstić information content (AvgIpc) is 2.42. The molecule has 0 bridgehead atoms. The molecule has 1 atom stereocenters. The van der Waals surface area contributed by atoms with Gasteiger partial charge in [0, 0.05) is 6.04 Å². The van der Waals surface area contributed by atoms with Crippen LogP contribution in [0.2, 0.25) is 0 Å². The second-order valence-electron chi connectivity index (χ2n) is 6.55. The van der Waals surface area contributed by atoms with E-state index in [1.54, 1.807) is 5.56 Å². The minimum absolute atomic E-state index is 0.760. The Bertz CT molecular complexity index is 393. The predicted octanol–water partition coefficient (Wildman–Crippen LogP) is 5.05. The van der Waals surface area contributed by atoms with E-state index in [2.05, 4.69) is 50.4 Å². The van der Waals surface area contributed by atoms with Gasteiger partial charge in [0.25, 0.3) is 0 Å². The number of rotatable bonds is 8. The highest BCUT2D eigenvalue weighted by Crippen LogP contribution is 2.38. The number of hydrogen-bond acceptors (Lipinski definition) is 1. The summed E-state index contributed by atoms with van der Waals surface area (Å²) in [5, 5.41) is 3.80. The van der Waals surface area contributed by atoms with Gasteiger partial charge in [-0.2, -0.15) is 0 Å². The van der Waals surface area contributed by atoms with Crippen molar-refractivity contribution in [2.45, 2.75) is 71.3 Å². The summed E-state index contributed by atoms with van der Waals surface area (Å²) in [5.74, 6) is 1.68. The molecule has 0 heterocycles. The summed E-state index contributed by atoms with van der Waals surface area (Å²) in [4.78, 5) is 0. The van der Waals surface area contributed by atoms with E-state index in [-0.39, 0.29) is 0 Å². The van der Waals surface area contributed by atoms with E-state index in [1.165, 1.54) is 50.6 Å². The van der Waals surface area contributed by atoms with Gasteiger partial charge < -0.3 is 5.32 Å². The van der Waals surface area contributed by atoms with Crippen molar-refractivity contribution in [2.75, 3.05) is 6.54 Å². The summed E-state index contributed by atoms with van der Waals surface area (Å²) in [6.45, 7) is 8.09. The van der Waals surface area contributed by atoms with Gasteiger partial charge in [-0.05, 0) is 55.7 Å². The first-order valence-electron chi connectivity index (χ1n) is 8.53. The molecule has 0 spiro atoms. The van der Waals surface area contributed by atoms with Crippen molar-refractivity contribution >= 4 is 0 Å². The highest BCUT2D eigenvalue weighted by atomic mass is 14.9. The maximum atomic E-state index is 3.80. The minimum Gasteiger partial charge on any atom is -0.314 e. The maximum Gasteiger partial charge on any atom is 0.00788 e. The molecule has 1 aliphatic rings. The Morgan fingerprint density at radius 1 is 1.20 bits per heavy atom. The third-order valence-electron chi connectivity index (χ3n) is 5.00. The molecule has 1 aliphatic carbocycles. The number of hydrogen-bond donors (Lipinski definition) is 1. The van der Waals surface area contributed by atoms with Crippen LogP contribution in [0.1, 0.15) is 69.4 Å². The fourth-order valence-corrected chi connectivity index (χ4v) is 3.36. The summed E-state index contributed by atoms with van der Waals surface area (Å²) in [6.07, 6.45) is 8.09. The molecule has 1 aromatic rings. The van der Waals surface area contributed by atoms with Crippen molar-refractivity contribution in [2.24, 2.45) is 5.92 Å². The molecule has 0 aliphatic heterocycles. The molecule has 0 saturated heterocycles. The Hall–Kier alpha value is -0.820. The summed E-state index contributed by atoms with van der Waals surface area (Å²) < 4.78 is 0. The molecule has 0 radical (unpaired) electrons. The predicted molar refractivity (Wildman–Crippen MR) is 88.3 cm³/mol. The summed E-state index contributed by atoms with van der Waals surface area (Å²) >= 11 is 0. The van der Waals surface area contributed by atoms with Crippen molar-refractivity contribution in [3.63, 3.8) is 0 Å². The number of benzene rings is 1. The molecule has 112 valence electrons. The lowest BCUT2D eigenvalue weighted by Gasteiger charge is -2.38. The van der Waals surface area contributed by atoms with Gasteiger partial charge in [0.2, 0.25) is 0 Å². The maximum absolute atomic E-state index is 3.80. The Kier molecular flexibility index (Phi) is 6.09. The van der Waals surface area contributed by atoms with Crippen molar-refractivity contribution in [1.29, 1.82) is 0 Å². The third-order valence-corrected chi connectivity index (χ3v) is 5.00. The molecule has 1 nitrogen and oxygen atoms in total. The van der Waals surface area contributed by atoms with E-state index in [9.17, 15) is 0 Å². The van der Waals surface area contributed by atoms with Crippen molar-refractivity contribution in [1.82, 2.24) is 5.32 Å². The lowest BCUT2D eigenvalue weighted by Crippen LogP contribution is -2.42. The first kappa shape index (κ1) is 15.6. The van der Waals surface area contributed by atoms with Gasteiger partial charge in [-0.3, -0.25) is 0 Å². The number of unbranched alkanes of at least 4 members (excludes halogenated alkanes) is 1. The van der Waals surface area contributed by atoms with E-state index < -0.39 is 0 Å². The zero-order valence-electron chi connectivity index (χ0n) is 13.5. The van der Waals surface area contributed by atoms with Gasteiger partial charge >= 0.3 is 0 Å². The Morgan fingerprint density at radius 3 is 2.60 bits per heavy atom. The molecule has 2 rings (SSSR count). The highest BCUT2D eigenvalue weighted by Gasteiger charge is 2.30. The van der Waals surface area contributed by atoms with Crippen LogP contribution in [0.4, 0.5) is 0 Å². The van der Waals surface area contributed by atoms with E-state index in [0.717, 1.165) is 17.9 Å². The Balaban J connectivity index is 1.70. The van der Waals surface area contributed by atoms with Crippen molar-refractivity contribution < 1.29 is 0 Å². The molecule has 1 saturated carbocycles. The average molecular weight is 273 g/mol. The van der Waals surface area contributed by atoms with Gasteiger partial charge in [-0.15, -0.1) is 0 Å². The minimum atomic E-state index is 0.760. The summed E-state index contributed by atoms with van der Waals surface area (Å²) in [6, 6.07) is 9.64. The molecule has 1 N–H and O–H groups in total. The smallest absolute Gasteiger partial charge is 0.00788 e. The highest BCUT2D eigenvalue weighted by molar-refractivity contribution is 5.31. The van der Waals surface area contributed by atoms with Crippen LogP contribution >= 0.6 is 0 Å². The van der Waals surface area contributed by atoms with Crippen LogP contribution in [-0.4, -0.2) is 12.6 Å². The lowest BCUT2D eigenvalue weighted by molar-refractivity contribution is 0.268. The van der Waals surface area contributed by atoms with Crippen LogP contribution < -0.4 is 5.32 Å². The fourth-order valence-electron chi connectivity index (χ4n) is 3.36. The molecule has 0 aromatic heterocycles. The zero-order chi connectivity index (χ0) is 14.4. The number of nitrogens with one attached hydrogen (secondary N) is 1. The summed E-state index contributed by atoms with van der Waals surface area (Å²) in [7, 11) is 0.